The van der Waals surface area contributed by atoms with Crippen molar-refractivity contribution in [2.75, 3.05) is 23.7 Å². The number of rotatable bonds is 11. The van der Waals surface area contributed by atoms with Crippen LogP contribution in [0.4, 0.5) is 5.69 Å². The Morgan fingerprint density at radius 2 is 1.76 bits per heavy atom. The summed E-state index contributed by atoms with van der Waals surface area (Å²) in [5.74, 6) is -0.0234. The number of aromatic nitrogens is 1. The second-order valence-electron chi connectivity index (χ2n) is 9.14. The highest BCUT2D eigenvalue weighted by Crippen LogP contribution is 2.31. The number of sulfonamides is 1. The van der Waals surface area contributed by atoms with Crippen LogP contribution in [0, 0.1) is 13.8 Å². The van der Waals surface area contributed by atoms with Crippen LogP contribution in [0.25, 0.3) is 5.69 Å². The van der Waals surface area contributed by atoms with Crippen LogP contribution >= 0.6 is 35.0 Å². The van der Waals surface area contributed by atoms with E-state index in [1.807, 2.05) is 49.8 Å². The maximum atomic E-state index is 13.7. The average Bonchev–Trinajstić information content (AvgIpc) is 3.26. The summed E-state index contributed by atoms with van der Waals surface area (Å²) in [5.41, 5.74) is 5.97. The second kappa shape index (κ2) is 13.7. The van der Waals surface area contributed by atoms with Gasteiger partial charge in [0.2, 0.25) is 0 Å². The number of nitrogens with one attached hydrogen (secondary N) is 1. The monoisotopic (exact) mass is 644 g/mol. The summed E-state index contributed by atoms with van der Waals surface area (Å²) in [6.07, 6.45) is 3.41. The average molecular weight is 646 g/mol. The van der Waals surface area contributed by atoms with Gasteiger partial charge in [-0.15, -0.1) is 11.8 Å². The lowest BCUT2D eigenvalue weighted by atomic mass is 10.2. The molecule has 4 rings (SSSR count). The molecular weight excluding hydrogens is 615 g/mol. The Balaban J connectivity index is 1.57. The molecule has 1 heterocycles. The largest absolute Gasteiger partial charge is 0.494 e. The molecule has 4 aromatic rings. The van der Waals surface area contributed by atoms with Crippen molar-refractivity contribution in [3.63, 3.8) is 0 Å². The molecule has 0 spiro atoms. The number of aryl methyl sites for hydroxylation is 1. The third-order valence-electron chi connectivity index (χ3n) is 6.41. The van der Waals surface area contributed by atoms with Crippen LogP contribution in [0.2, 0.25) is 10.0 Å². The van der Waals surface area contributed by atoms with E-state index in [9.17, 15) is 13.2 Å². The number of hydrogen-bond acceptors (Lipinski definition) is 6. The van der Waals surface area contributed by atoms with Gasteiger partial charge in [-0.05, 0) is 93.8 Å². The third kappa shape index (κ3) is 6.95. The van der Waals surface area contributed by atoms with E-state index in [4.69, 9.17) is 27.9 Å². The molecule has 1 aromatic heterocycles. The lowest BCUT2D eigenvalue weighted by Gasteiger charge is -2.24. The first-order chi connectivity index (χ1) is 20.1. The van der Waals surface area contributed by atoms with E-state index in [1.54, 1.807) is 42.5 Å². The van der Waals surface area contributed by atoms with E-state index in [0.29, 0.717) is 28.1 Å². The number of hydrogen-bond donors (Lipinski definition) is 1. The highest BCUT2D eigenvalue weighted by molar-refractivity contribution is 7.98. The van der Waals surface area contributed by atoms with Gasteiger partial charge in [0.15, 0.2) is 0 Å². The molecular formula is C30H30Cl2N4O4S2. The Bertz CT molecular complexity index is 1700. The van der Waals surface area contributed by atoms with Crippen LogP contribution in [-0.2, 0) is 14.8 Å². The first kappa shape index (κ1) is 31.5. The predicted octanol–water partition coefficient (Wildman–Crippen LogP) is 6.87. The topological polar surface area (TPSA) is 93.0 Å². The van der Waals surface area contributed by atoms with Crippen LogP contribution < -0.4 is 14.5 Å². The fourth-order valence-corrected chi connectivity index (χ4v) is 6.57. The lowest BCUT2D eigenvalue weighted by Crippen LogP contribution is -2.39. The number of hydrazone groups is 1. The summed E-state index contributed by atoms with van der Waals surface area (Å²) < 4.78 is 35.9. The molecule has 220 valence electrons. The normalized spacial score (nSPS) is 11.6. The SMILES string of the molecule is CCOc1ccc(N(CC(=O)N/N=C\c2cc(C)n(-c3cccc(Cl)c3Cl)c2C)S(=O)(=O)c2ccc(SC)cc2)cc1. The third-order valence-corrected chi connectivity index (χ3v) is 9.75. The highest BCUT2D eigenvalue weighted by atomic mass is 35.5. The van der Waals surface area contributed by atoms with Gasteiger partial charge >= 0.3 is 0 Å². The van der Waals surface area contributed by atoms with E-state index < -0.39 is 22.5 Å². The lowest BCUT2D eigenvalue weighted by molar-refractivity contribution is -0.119. The van der Waals surface area contributed by atoms with Crippen molar-refractivity contribution in [2.45, 2.75) is 30.6 Å². The van der Waals surface area contributed by atoms with Crippen LogP contribution in [0.15, 0.2) is 87.7 Å². The molecule has 0 aliphatic rings. The number of anilines is 1. The van der Waals surface area contributed by atoms with Crippen LogP contribution in [0.5, 0.6) is 5.75 Å². The molecule has 0 radical (unpaired) electrons. The number of carbonyl (C=O) groups excluding carboxylic acids is 1. The summed E-state index contributed by atoms with van der Waals surface area (Å²) in [6, 6.07) is 20.3. The fourth-order valence-electron chi connectivity index (χ4n) is 4.36. The summed E-state index contributed by atoms with van der Waals surface area (Å²) in [7, 11) is -4.08. The van der Waals surface area contributed by atoms with Crippen LogP contribution in [0.3, 0.4) is 0 Å². The zero-order chi connectivity index (χ0) is 30.4. The standard InChI is InChI=1S/C30H30Cl2N4O4S2/c1-5-40-24-11-9-23(10-12-24)35(42(38,39)26-15-13-25(41-4)14-16-26)19-29(37)34-33-18-22-17-20(2)36(21(22)3)28-8-6-7-27(31)30(28)32/h6-18H,5,19H2,1-4H3,(H,34,37)/b33-18-. The Hall–Kier alpha value is -3.44. The molecule has 1 amide bonds. The van der Waals surface area contributed by atoms with Crippen molar-refractivity contribution >= 4 is 62.8 Å². The van der Waals surface area contributed by atoms with Gasteiger partial charge in [-0.2, -0.15) is 5.10 Å². The van der Waals surface area contributed by atoms with E-state index in [-0.39, 0.29) is 4.90 Å². The number of halogens is 2. The van der Waals surface area contributed by atoms with Crippen molar-refractivity contribution in [3.8, 4) is 11.4 Å². The van der Waals surface area contributed by atoms with Gasteiger partial charge < -0.3 is 9.30 Å². The molecule has 0 unspecified atom stereocenters. The zero-order valence-electron chi connectivity index (χ0n) is 23.5. The number of benzene rings is 3. The highest BCUT2D eigenvalue weighted by Gasteiger charge is 2.27. The minimum atomic E-state index is -4.08. The number of nitrogens with zero attached hydrogens (tertiary/aromatic N) is 3. The number of amides is 1. The van der Waals surface area contributed by atoms with E-state index in [0.717, 1.165) is 31.8 Å². The van der Waals surface area contributed by atoms with Gasteiger partial charge in [0.25, 0.3) is 15.9 Å². The van der Waals surface area contributed by atoms with Gasteiger partial charge in [-0.1, -0.05) is 29.3 Å². The van der Waals surface area contributed by atoms with Crippen molar-refractivity contribution in [1.29, 1.82) is 0 Å². The summed E-state index contributed by atoms with van der Waals surface area (Å²) in [5, 5.41) is 4.98. The van der Waals surface area contributed by atoms with Crippen molar-refractivity contribution in [1.82, 2.24) is 9.99 Å². The molecule has 1 N–H and O–H groups in total. The quantitative estimate of drug-likeness (QED) is 0.109. The maximum absolute atomic E-state index is 13.7. The van der Waals surface area contributed by atoms with Gasteiger partial charge in [0, 0.05) is 21.8 Å². The molecule has 0 aliphatic heterocycles. The molecule has 42 heavy (non-hydrogen) atoms. The molecule has 3 aromatic carbocycles. The Kier molecular flexibility index (Phi) is 10.3. The maximum Gasteiger partial charge on any atom is 0.264 e. The molecule has 12 heteroatoms. The summed E-state index contributed by atoms with van der Waals surface area (Å²) in [4.78, 5) is 14.0. The number of carbonyl (C=O) groups is 1. The number of thioether (sulfide) groups is 1. The van der Waals surface area contributed by atoms with Gasteiger partial charge in [0.1, 0.15) is 12.3 Å². The number of ether oxygens (including phenoxy) is 1. The molecule has 0 fully saturated rings. The minimum absolute atomic E-state index is 0.0672. The Morgan fingerprint density at radius 1 is 1.07 bits per heavy atom. The Morgan fingerprint density at radius 3 is 2.40 bits per heavy atom. The molecule has 0 atom stereocenters. The predicted molar refractivity (Wildman–Crippen MR) is 171 cm³/mol. The molecule has 0 aliphatic carbocycles. The zero-order valence-corrected chi connectivity index (χ0v) is 26.6. The summed E-state index contributed by atoms with van der Waals surface area (Å²) in [6.45, 7) is 5.66. The fraction of sp³-hybridized carbons (Fsp3) is 0.200. The van der Waals surface area contributed by atoms with Gasteiger partial charge in [-0.3, -0.25) is 9.10 Å². The first-order valence-corrected chi connectivity index (χ1v) is 16.3. The van der Waals surface area contributed by atoms with Gasteiger partial charge in [-0.25, -0.2) is 13.8 Å². The van der Waals surface area contributed by atoms with Crippen molar-refractivity contribution in [3.05, 3.63) is 99.8 Å². The molecule has 0 bridgehead atoms. The van der Waals surface area contributed by atoms with E-state index in [1.165, 1.54) is 30.1 Å². The van der Waals surface area contributed by atoms with E-state index in [2.05, 4.69) is 10.5 Å². The van der Waals surface area contributed by atoms with Crippen molar-refractivity contribution in [2.24, 2.45) is 5.10 Å². The summed E-state index contributed by atoms with van der Waals surface area (Å²) >= 11 is 14.2. The molecule has 0 saturated carbocycles. The van der Waals surface area contributed by atoms with Gasteiger partial charge in [0.05, 0.1) is 39.1 Å². The Labute approximate surface area is 260 Å². The minimum Gasteiger partial charge on any atom is -0.494 e. The van der Waals surface area contributed by atoms with E-state index >= 15 is 0 Å². The van der Waals surface area contributed by atoms with Crippen molar-refractivity contribution < 1.29 is 17.9 Å². The molecule has 0 saturated heterocycles. The second-order valence-corrected chi connectivity index (χ2v) is 12.7. The van der Waals surface area contributed by atoms with Crippen LogP contribution in [0.1, 0.15) is 23.9 Å². The van der Waals surface area contributed by atoms with Crippen LogP contribution in [-0.4, -0.2) is 44.5 Å². The smallest absolute Gasteiger partial charge is 0.264 e. The first-order valence-electron chi connectivity index (χ1n) is 12.9. The molecule has 8 nitrogen and oxygen atoms in total.